The number of nitrogens with one attached hydrogen (secondary N) is 1. The van der Waals surface area contributed by atoms with Gasteiger partial charge in [0.05, 0.1) is 16.7 Å². The molecule has 2 nitrogen and oxygen atoms in total. The fourth-order valence-corrected chi connectivity index (χ4v) is 3.03. The van der Waals surface area contributed by atoms with Crippen LogP contribution in [0, 0.1) is 5.41 Å². The number of halogens is 2. The number of hydrogen-bond donors (Lipinski definition) is 1. The maximum absolute atomic E-state index is 6.08. The molecule has 1 N–H and O–H groups in total. The lowest BCUT2D eigenvalue weighted by molar-refractivity contribution is -0.00623. The smallest absolute Gasteiger partial charge is 0.0595 e. The van der Waals surface area contributed by atoms with Crippen LogP contribution >= 0.6 is 23.2 Å². The van der Waals surface area contributed by atoms with Gasteiger partial charge in [0, 0.05) is 18.6 Å². The highest BCUT2D eigenvalue weighted by atomic mass is 35.5. The van der Waals surface area contributed by atoms with E-state index in [4.69, 9.17) is 27.9 Å². The van der Waals surface area contributed by atoms with Gasteiger partial charge in [-0.2, -0.15) is 0 Å². The summed E-state index contributed by atoms with van der Waals surface area (Å²) in [5, 5.41) is 4.53. The summed E-state index contributed by atoms with van der Waals surface area (Å²) >= 11 is 12.0. The maximum Gasteiger partial charge on any atom is 0.0595 e. The van der Waals surface area contributed by atoms with E-state index in [0.29, 0.717) is 10.0 Å². The third kappa shape index (κ3) is 3.39. The van der Waals surface area contributed by atoms with E-state index in [2.05, 4.69) is 11.4 Å². The van der Waals surface area contributed by atoms with Crippen molar-refractivity contribution in [3.8, 4) is 0 Å². The average molecular weight is 288 g/mol. The van der Waals surface area contributed by atoms with Crippen LogP contribution in [0.4, 0.5) is 0 Å². The largest absolute Gasteiger partial charge is 0.381 e. The number of hydrogen-bond acceptors (Lipinski definition) is 2. The normalized spacial score (nSPS) is 24.2. The topological polar surface area (TPSA) is 21.3 Å². The Balaban J connectivity index is 2.14. The average Bonchev–Trinajstić information content (AvgIpc) is 2.35. The molecule has 1 heterocycles. The molecule has 0 aromatic heterocycles. The lowest BCUT2D eigenvalue weighted by Gasteiger charge is -2.37. The van der Waals surface area contributed by atoms with Crippen LogP contribution in [0.2, 0.25) is 10.0 Å². The van der Waals surface area contributed by atoms with Crippen molar-refractivity contribution in [3.05, 3.63) is 33.8 Å². The minimum atomic E-state index is 0.185. The second-order valence-electron chi connectivity index (χ2n) is 5.11. The lowest BCUT2D eigenvalue weighted by Crippen LogP contribution is -2.41. The molecule has 0 spiro atoms. The van der Waals surface area contributed by atoms with E-state index in [1.807, 2.05) is 19.2 Å². The molecular weight excluding hydrogens is 269 g/mol. The van der Waals surface area contributed by atoms with E-state index in [-0.39, 0.29) is 5.41 Å². The molecule has 0 amide bonds. The molecule has 0 aliphatic carbocycles. The Bertz CT molecular complexity index is 397. The molecule has 1 unspecified atom stereocenters. The maximum atomic E-state index is 6.08. The first-order valence-corrected chi connectivity index (χ1v) is 7.07. The van der Waals surface area contributed by atoms with Gasteiger partial charge in [0.15, 0.2) is 0 Å². The molecule has 18 heavy (non-hydrogen) atoms. The molecule has 0 radical (unpaired) electrons. The minimum Gasteiger partial charge on any atom is -0.381 e. The molecule has 1 aliphatic heterocycles. The van der Waals surface area contributed by atoms with Crippen LogP contribution in [0.25, 0.3) is 0 Å². The minimum absolute atomic E-state index is 0.185. The molecule has 1 aromatic rings. The van der Waals surface area contributed by atoms with Gasteiger partial charge in [-0.05, 0) is 44.0 Å². The Morgan fingerprint density at radius 3 is 2.78 bits per heavy atom. The van der Waals surface area contributed by atoms with Gasteiger partial charge >= 0.3 is 0 Å². The predicted molar refractivity (Wildman–Crippen MR) is 76.6 cm³/mol. The van der Waals surface area contributed by atoms with Crippen LogP contribution in [-0.2, 0) is 11.2 Å². The highest BCUT2D eigenvalue weighted by molar-refractivity contribution is 6.42. The SMILES string of the molecule is CNCC1(Cc2ccc(Cl)c(Cl)c2)CCCOC1. The zero-order valence-electron chi connectivity index (χ0n) is 10.6. The Morgan fingerprint density at radius 1 is 1.33 bits per heavy atom. The van der Waals surface area contributed by atoms with E-state index >= 15 is 0 Å². The molecule has 0 saturated carbocycles. The summed E-state index contributed by atoms with van der Waals surface area (Å²) in [6.45, 7) is 2.66. The Morgan fingerprint density at radius 2 is 2.17 bits per heavy atom. The van der Waals surface area contributed by atoms with Gasteiger partial charge in [0.1, 0.15) is 0 Å². The standard InChI is InChI=1S/C14H19Cl2NO/c1-17-9-14(5-2-6-18-10-14)8-11-3-4-12(15)13(16)7-11/h3-4,7,17H,2,5-6,8-10H2,1H3. The van der Waals surface area contributed by atoms with Crippen LogP contribution in [0.15, 0.2) is 18.2 Å². The summed E-state index contributed by atoms with van der Waals surface area (Å²) < 4.78 is 5.67. The van der Waals surface area contributed by atoms with Gasteiger partial charge in [-0.25, -0.2) is 0 Å². The molecule has 1 fully saturated rings. The summed E-state index contributed by atoms with van der Waals surface area (Å²) in [6.07, 6.45) is 3.29. The monoisotopic (exact) mass is 287 g/mol. The Kier molecular flexibility index (Phi) is 4.91. The Labute approximate surface area is 119 Å². The fourth-order valence-electron chi connectivity index (χ4n) is 2.71. The summed E-state index contributed by atoms with van der Waals surface area (Å²) in [4.78, 5) is 0. The van der Waals surface area contributed by atoms with Gasteiger partial charge in [-0.3, -0.25) is 0 Å². The molecule has 100 valence electrons. The van der Waals surface area contributed by atoms with Gasteiger partial charge < -0.3 is 10.1 Å². The van der Waals surface area contributed by atoms with E-state index in [1.54, 1.807) is 0 Å². The van der Waals surface area contributed by atoms with Crippen molar-refractivity contribution in [1.82, 2.24) is 5.32 Å². The van der Waals surface area contributed by atoms with Gasteiger partial charge in [0.25, 0.3) is 0 Å². The zero-order valence-corrected chi connectivity index (χ0v) is 12.2. The number of benzene rings is 1. The van der Waals surface area contributed by atoms with E-state index in [1.165, 1.54) is 12.0 Å². The van der Waals surface area contributed by atoms with E-state index in [9.17, 15) is 0 Å². The third-order valence-electron chi connectivity index (χ3n) is 3.52. The number of rotatable bonds is 4. The van der Waals surface area contributed by atoms with Gasteiger partial charge in [-0.1, -0.05) is 29.3 Å². The van der Waals surface area contributed by atoms with E-state index in [0.717, 1.165) is 32.6 Å². The molecule has 1 saturated heterocycles. The molecule has 4 heteroatoms. The molecular formula is C14H19Cl2NO. The van der Waals surface area contributed by atoms with E-state index < -0.39 is 0 Å². The van der Waals surface area contributed by atoms with Crippen molar-refractivity contribution < 1.29 is 4.74 Å². The molecule has 2 rings (SSSR count). The van der Waals surface area contributed by atoms with Crippen molar-refractivity contribution in [2.75, 3.05) is 26.8 Å². The first-order chi connectivity index (χ1) is 8.65. The van der Waals surface area contributed by atoms with Crippen molar-refractivity contribution in [2.45, 2.75) is 19.3 Å². The van der Waals surface area contributed by atoms with Gasteiger partial charge in [-0.15, -0.1) is 0 Å². The number of ether oxygens (including phenoxy) is 1. The highest BCUT2D eigenvalue weighted by Crippen LogP contribution is 2.33. The van der Waals surface area contributed by atoms with Crippen LogP contribution in [-0.4, -0.2) is 26.8 Å². The van der Waals surface area contributed by atoms with Crippen molar-refractivity contribution in [3.63, 3.8) is 0 Å². The van der Waals surface area contributed by atoms with Crippen LogP contribution in [0.3, 0.4) is 0 Å². The summed E-state index contributed by atoms with van der Waals surface area (Å²) in [5.74, 6) is 0. The van der Waals surface area contributed by atoms with Crippen molar-refractivity contribution >= 4 is 23.2 Å². The van der Waals surface area contributed by atoms with Crippen LogP contribution in [0.1, 0.15) is 18.4 Å². The molecule has 0 bridgehead atoms. The van der Waals surface area contributed by atoms with Crippen LogP contribution < -0.4 is 5.32 Å². The summed E-state index contributed by atoms with van der Waals surface area (Å²) in [6, 6.07) is 5.89. The quantitative estimate of drug-likeness (QED) is 0.914. The van der Waals surface area contributed by atoms with Crippen LogP contribution in [0.5, 0.6) is 0 Å². The molecule has 1 aliphatic rings. The first-order valence-electron chi connectivity index (χ1n) is 6.31. The summed E-state index contributed by atoms with van der Waals surface area (Å²) in [5.41, 5.74) is 1.41. The predicted octanol–water partition coefficient (Wildman–Crippen LogP) is 3.55. The van der Waals surface area contributed by atoms with Crippen molar-refractivity contribution in [1.29, 1.82) is 0 Å². The Hall–Kier alpha value is -0.280. The van der Waals surface area contributed by atoms with Crippen molar-refractivity contribution in [2.24, 2.45) is 5.41 Å². The molecule has 1 atom stereocenters. The molecule has 1 aromatic carbocycles. The second kappa shape index (κ2) is 6.25. The summed E-state index contributed by atoms with van der Waals surface area (Å²) in [7, 11) is 1.99. The highest BCUT2D eigenvalue weighted by Gasteiger charge is 2.32. The lowest BCUT2D eigenvalue weighted by atomic mass is 9.77. The van der Waals surface area contributed by atoms with Gasteiger partial charge in [0.2, 0.25) is 0 Å². The third-order valence-corrected chi connectivity index (χ3v) is 4.26. The fraction of sp³-hybridized carbons (Fsp3) is 0.571. The zero-order chi connectivity index (χ0) is 13.0. The second-order valence-corrected chi connectivity index (χ2v) is 5.93. The first kappa shape index (κ1) is 14.1.